The molecule has 1 fully saturated rings. The lowest BCUT2D eigenvalue weighted by Gasteiger charge is -2.24. The van der Waals surface area contributed by atoms with Crippen molar-refractivity contribution < 1.29 is 37.7 Å². The molecular formula is C32H43FN2O7. The fraction of sp³-hybridized carbons (Fsp3) is 0.562. The van der Waals surface area contributed by atoms with Gasteiger partial charge in [-0.15, -0.1) is 0 Å². The molecular weight excluding hydrogens is 543 g/mol. The van der Waals surface area contributed by atoms with Gasteiger partial charge in [0.2, 0.25) is 5.75 Å². The van der Waals surface area contributed by atoms with Crippen molar-refractivity contribution >= 4 is 11.9 Å². The lowest BCUT2D eigenvalue weighted by atomic mass is 10.1. The molecule has 3 atom stereocenters. The second kappa shape index (κ2) is 15.7. The molecule has 0 N–H and O–H groups in total. The van der Waals surface area contributed by atoms with E-state index in [1.165, 1.54) is 26.4 Å². The third-order valence-corrected chi connectivity index (χ3v) is 7.84. The van der Waals surface area contributed by atoms with Crippen molar-refractivity contribution in [2.45, 2.75) is 51.6 Å². The van der Waals surface area contributed by atoms with E-state index in [9.17, 15) is 14.0 Å². The molecule has 2 heterocycles. The van der Waals surface area contributed by atoms with Gasteiger partial charge in [0.05, 0.1) is 38.6 Å². The molecule has 0 radical (unpaired) electrons. The van der Waals surface area contributed by atoms with E-state index in [-0.39, 0.29) is 11.9 Å². The number of halogens is 1. The molecule has 230 valence electrons. The Labute approximate surface area is 247 Å². The Bertz CT molecular complexity index is 1210. The normalized spacial score (nSPS) is 22.4. The number of aryl methyl sites for hydroxylation is 1. The zero-order valence-corrected chi connectivity index (χ0v) is 25.0. The van der Waals surface area contributed by atoms with Gasteiger partial charge in [-0.1, -0.05) is 6.92 Å². The van der Waals surface area contributed by atoms with E-state index in [0.29, 0.717) is 72.8 Å². The number of ether oxygens (including phenoxy) is 5. The molecule has 2 aliphatic rings. The molecule has 3 unspecified atom stereocenters. The summed E-state index contributed by atoms with van der Waals surface area (Å²) in [4.78, 5) is 30.8. The number of hydrogen-bond donors (Lipinski definition) is 0. The van der Waals surface area contributed by atoms with E-state index in [0.717, 1.165) is 52.1 Å². The first-order valence-electron chi connectivity index (χ1n) is 14.9. The monoisotopic (exact) mass is 586 g/mol. The Morgan fingerprint density at radius 2 is 1.64 bits per heavy atom. The molecule has 0 aromatic heterocycles. The highest BCUT2D eigenvalue weighted by Gasteiger charge is 2.22. The Hall–Kier alpha value is -3.37. The molecule has 0 spiro atoms. The van der Waals surface area contributed by atoms with Gasteiger partial charge in [0.1, 0.15) is 11.9 Å². The number of rotatable bonds is 5. The number of nitrogens with zero attached hydrogens (tertiary/aromatic N) is 2. The minimum Gasteiger partial charge on any atom is -0.493 e. The summed E-state index contributed by atoms with van der Waals surface area (Å²) in [5.41, 5.74) is 1.16. The van der Waals surface area contributed by atoms with E-state index in [1.807, 2.05) is 6.92 Å². The van der Waals surface area contributed by atoms with Gasteiger partial charge >= 0.3 is 11.9 Å². The van der Waals surface area contributed by atoms with Crippen LogP contribution in [-0.4, -0.2) is 94.5 Å². The highest BCUT2D eigenvalue weighted by atomic mass is 19.1. The molecule has 2 aromatic carbocycles. The topological polar surface area (TPSA) is 86.8 Å². The van der Waals surface area contributed by atoms with Crippen LogP contribution >= 0.6 is 0 Å². The quantitative estimate of drug-likeness (QED) is 0.461. The molecule has 0 aliphatic carbocycles. The van der Waals surface area contributed by atoms with Crippen molar-refractivity contribution in [3.05, 3.63) is 52.8 Å². The number of benzene rings is 2. The lowest BCUT2D eigenvalue weighted by molar-refractivity contribution is 0.0221. The van der Waals surface area contributed by atoms with Crippen molar-refractivity contribution in [2.24, 2.45) is 0 Å². The lowest BCUT2D eigenvalue weighted by Crippen LogP contribution is -2.34. The van der Waals surface area contributed by atoms with Crippen LogP contribution in [0.1, 0.15) is 65.3 Å². The molecule has 9 nitrogen and oxygen atoms in total. The second-order valence-electron chi connectivity index (χ2n) is 10.7. The summed E-state index contributed by atoms with van der Waals surface area (Å²) < 4.78 is 42.6. The van der Waals surface area contributed by atoms with Gasteiger partial charge in [-0.2, -0.15) is 0 Å². The molecule has 0 amide bonds. The summed E-state index contributed by atoms with van der Waals surface area (Å²) in [5, 5.41) is 0. The minimum atomic E-state index is -0.450. The number of fused-ring (bicyclic) bond motifs is 5. The second-order valence-corrected chi connectivity index (χ2v) is 10.7. The highest BCUT2D eigenvalue weighted by Crippen LogP contribution is 2.39. The van der Waals surface area contributed by atoms with E-state index in [1.54, 1.807) is 18.2 Å². The zero-order chi connectivity index (χ0) is 29.9. The third-order valence-electron chi connectivity index (χ3n) is 7.84. The number of carbonyl (C=O) groups excluding carboxylic acids is 2. The number of hydrogen-bond acceptors (Lipinski definition) is 9. The smallest absolute Gasteiger partial charge is 0.338 e. The fourth-order valence-corrected chi connectivity index (χ4v) is 5.44. The van der Waals surface area contributed by atoms with E-state index < -0.39 is 11.9 Å². The molecule has 42 heavy (non-hydrogen) atoms. The van der Waals surface area contributed by atoms with Crippen molar-refractivity contribution in [2.75, 3.05) is 66.7 Å². The first kappa shape index (κ1) is 31.6. The predicted octanol–water partition coefficient (Wildman–Crippen LogP) is 4.75. The summed E-state index contributed by atoms with van der Waals surface area (Å²) in [6.07, 6.45) is 3.79. The van der Waals surface area contributed by atoms with E-state index >= 15 is 0 Å². The van der Waals surface area contributed by atoms with Crippen LogP contribution < -0.4 is 14.2 Å². The first-order chi connectivity index (χ1) is 20.4. The van der Waals surface area contributed by atoms with Gasteiger partial charge in [-0.05, 0) is 87.5 Å². The maximum atomic E-state index is 14.0. The van der Waals surface area contributed by atoms with Crippen LogP contribution in [-0.2, 0) is 15.9 Å². The molecule has 0 saturated carbocycles. The summed E-state index contributed by atoms with van der Waals surface area (Å²) in [7, 11) is 3.02. The maximum Gasteiger partial charge on any atom is 0.338 e. The number of methoxy groups -OCH3 is 2. The molecule has 10 heteroatoms. The third kappa shape index (κ3) is 8.58. The Morgan fingerprint density at radius 3 is 2.38 bits per heavy atom. The van der Waals surface area contributed by atoms with Crippen molar-refractivity contribution in [3.8, 4) is 17.2 Å². The summed E-state index contributed by atoms with van der Waals surface area (Å²) in [6, 6.07) is 7.58. The average Bonchev–Trinajstić information content (AvgIpc) is 3.24. The summed E-state index contributed by atoms with van der Waals surface area (Å²) in [5.74, 6) is -0.0789. The number of esters is 2. The van der Waals surface area contributed by atoms with Crippen LogP contribution in [0.4, 0.5) is 4.39 Å². The largest absolute Gasteiger partial charge is 0.493 e. The number of cyclic esters (lactones) is 1. The summed E-state index contributed by atoms with van der Waals surface area (Å²) >= 11 is 0. The minimum absolute atomic E-state index is 0.307. The predicted molar refractivity (Wildman–Crippen MR) is 156 cm³/mol. The van der Waals surface area contributed by atoms with Crippen LogP contribution in [0.15, 0.2) is 30.3 Å². The van der Waals surface area contributed by atoms with Crippen molar-refractivity contribution in [1.29, 1.82) is 0 Å². The van der Waals surface area contributed by atoms with Crippen LogP contribution in [0.5, 0.6) is 17.2 Å². The van der Waals surface area contributed by atoms with Crippen molar-refractivity contribution in [3.63, 3.8) is 0 Å². The molecule has 1 saturated heterocycles. The Kier molecular flexibility index (Phi) is 11.8. The van der Waals surface area contributed by atoms with Gasteiger partial charge in [-0.3, -0.25) is 0 Å². The SMILES string of the molecule is CCc1cc(C(=O)OC2CCCOc3cc(cc(OC)c3OC)C(=O)OCCCN3CCCN(CC2)CC3)ccc1F. The summed E-state index contributed by atoms with van der Waals surface area (Å²) in [6.45, 7) is 7.96. The fourth-order valence-electron chi connectivity index (χ4n) is 5.44. The maximum absolute atomic E-state index is 14.0. The van der Waals surface area contributed by atoms with Gasteiger partial charge in [0.25, 0.3) is 0 Å². The molecule has 4 rings (SSSR count). The molecule has 2 aromatic rings. The van der Waals surface area contributed by atoms with Gasteiger partial charge < -0.3 is 33.5 Å². The highest BCUT2D eigenvalue weighted by molar-refractivity contribution is 5.91. The first-order valence-corrected chi connectivity index (χ1v) is 14.9. The Morgan fingerprint density at radius 1 is 0.905 bits per heavy atom. The van der Waals surface area contributed by atoms with Crippen LogP contribution in [0.2, 0.25) is 0 Å². The van der Waals surface area contributed by atoms with Gasteiger partial charge in [0, 0.05) is 26.2 Å². The number of carbonyl (C=O) groups is 2. The van der Waals surface area contributed by atoms with E-state index in [2.05, 4.69) is 9.80 Å². The molecule has 2 aliphatic heterocycles. The van der Waals surface area contributed by atoms with Crippen LogP contribution in [0.25, 0.3) is 0 Å². The Balaban J connectivity index is 1.52. The van der Waals surface area contributed by atoms with Crippen molar-refractivity contribution in [1.82, 2.24) is 9.80 Å². The van der Waals surface area contributed by atoms with Crippen LogP contribution in [0.3, 0.4) is 0 Å². The average molecular weight is 587 g/mol. The zero-order valence-electron chi connectivity index (χ0n) is 25.0. The van der Waals surface area contributed by atoms with E-state index in [4.69, 9.17) is 23.7 Å². The molecule has 4 bridgehead atoms. The standard InChI is InChI=1S/C32H43FN2O7/c1-4-23-20-24(9-10-27(23)33)32(37)42-26-8-5-18-40-29-22-25(21-28(38-2)30(29)39-3)31(36)41-19-7-14-34-12-6-13-35(15-11-26)17-16-34/h9-10,20-22,26H,4-8,11-19H2,1-3H3. The van der Waals surface area contributed by atoms with Gasteiger partial charge in [0.15, 0.2) is 11.5 Å². The van der Waals surface area contributed by atoms with Crippen LogP contribution in [0, 0.1) is 5.82 Å². The van der Waals surface area contributed by atoms with Gasteiger partial charge in [-0.25, -0.2) is 14.0 Å².